The molecule has 1 heterocycles. The van der Waals surface area contributed by atoms with E-state index in [1.807, 2.05) is 12.1 Å². The summed E-state index contributed by atoms with van der Waals surface area (Å²) in [7, 11) is 0. The number of nitrogens with one attached hydrogen (secondary N) is 3. The van der Waals surface area contributed by atoms with Crippen molar-refractivity contribution in [3.05, 3.63) is 76.1 Å². The van der Waals surface area contributed by atoms with Crippen LogP contribution in [0.4, 0.5) is 18.9 Å². The molecule has 3 rings (SSSR count). The third kappa shape index (κ3) is 5.47. The monoisotopic (exact) mass is 455 g/mol. The molecule has 0 aliphatic heterocycles. The quantitative estimate of drug-likeness (QED) is 0.349. The fourth-order valence-electron chi connectivity index (χ4n) is 2.40. The van der Waals surface area contributed by atoms with Crippen LogP contribution >= 0.6 is 35.2 Å². The number of carbonyl (C=O) groups excluding carboxylic acids is 1. The SMILES string of the molecule is O=C(NNC(=S)Nc1ccccc1C(F)(F)F)c1ccc(-c2ccc(Cl)cc2)s1. The summed E-state index contributed by atoms with van der Waals surface area (Å²) in [5.41, 5.74) is 4.61. The van der Waals surface area contributed by atoms with Crippen LogP contribution < -0.4 is 16.2 Å². The van der Waals surface area contributed by atoms with Gasteiger partial charge in [0.25, 0.3) is 5.91 Å². The summed E-state index contributed by atoms with van der Waals surface area (Å²) >= 11 is 12.1. The van der Waals surface area contributed by atoms with Crippen molar-refractivity contribution in [1.82, 2.24) is 10.9 Å². The molecule has 150 valence electrons. The zero-order valence-corrected chi connectivity index (χ0v) is 16.9. The Morgan fingerprint density at radius 1 is 0.966 bits per heavy atom. The number of amides is 1. The van der Waals surface area contributed by atoms with Crippen LogP contribution in [0, 0.1) is 0 Å². The maximum Gasteiger partial charge on any atom is 0.418 e. The lowest BCUT2D eigenvalue weighted by molar-refractivity contribution is -0.136. The van der Waals surface area contributed by atoms with Gasteiger partial charge >= 0.3 is 6.18 Å². The lowest BCUT2D eigenvalue weighted by Gasteiger charge is -2.15. The van der Waals surface area contributed by atoms with Gasteiger partial charge < -0.3 is 5.32 Å². The van der Waals surface area contributed by atoms with Gasteiger partial charge in [0.05, 0.1) is 16.1 Å². The molecule has 4 nitrogen and oxygen atoms in total. The highest BCUT2D eigenvalue weighted by Gasteiger charge is 2.33. The normalized spacial score (nSPS) is 11.0. The summed E-state index contributed by atoms with van der Waals surface area (Å²) in [4.78, 5) is 13.5. The summed E-state index contributed by atoms with van der Waals surface area (Å²) in [5.74, 6) is -0.469. The lowest BCUT2D eigenvalue weighted by Crippen LogP contribution is -2.43. The zero-order valence-electron chi connectivity index (χ0n) is 14.5. The van der Waals surface area contributed by atoms with Gasteiger partial charge in [0.1, 0.15) is 0 Å². The van der Waals surface area contributed by atoms with Crippen LogP contribution in [0.25, 0.3) is 10.4 Å². The van der Waals surface area contributed by atoms with Gasteiger partial charge in [-0.05, 0) is 54.2 Å². The number of rotatable bonds is 3. The number of para-hydroxylation sites is 1. The van der Waals surface area contributed by atoms with Gasteiger partial charge in [-0.15, -0.1) is 11.3 Å². The number of hydrazine groups is 1. The van der Waals surface area contributed by atoms with Crippen LogP contribution in [0.5, 0.6) is 0 Å². The average molecular weight is 456 g/mol. The minimum atomic E-state index is -4.53. The summed E-state index contributed by atoms with van der Waals surface area (Å²) in [6, 6.07) is 15.5. The van der Waals surface area contributed by atoms with Crippen LogP contribution in [-0.4, -0.2) is 11.0 Å². The molecule has 29 heavy (non-hydrogen) atoms. The van der Waals surface area contributed by atoms with E-state index in [4.69, 9.17) is 23.8 Å². The van der Waals surface area contributed by atoms with Crippen LogP contribution in [0.15, 0.2) is 60.7 Å². The zero-order chi connectivity index (χ0) is 21.0. The van der Waals surface area contributed by atoms with Crippen LogP contribution in [0.2, 0.25) is 5.02 Å². The molecule has 0 radical (unpaired) electrons. The Morgan fingerprint density at radius 2 is 1.66 bits per heavy atom. The molecule has 1 amide bonds. The van der Waals surface area contributed by atoms with E-state index in [1.54, 1.807) is 24.3 Å². The maximum absolute atomic E-state index is 13.0. The summed E-state index contributed by atoms with van der Waals surface area (Å²) in [5, 5.41) is 2.87. The van der Waals surface area contributed by atoms with E-state index in [0.717, 1.165) is 16.5 Å². The second-order valence-electron chi connectivity index (χ2n) is 5.75. The van der Waals surface area contributed by atoms with E-state index >= 15 is 0 Å². The molecule has 0 atom stereocenters. The number of hydrogen-bond donors (Lipinski definition) is 3. The molecule has 0 aliphatic rings. The minimum absolute atomic E-state index is 0.176. The van der Waals surface area contributed by atoms with Gasteiger partial charge in [0, 0.05) is 9.90 Å². The molecule has 0 fully saturated rings. The number of alkyl halides is 3. The van der Waals surface area contributed by atoms with Gasteiger partial charge in [0.15, 0.2) is 5.11 Å². The van der Waals surface area contributed by atoms with Crippen molar-refractivity contribution in [3.8, 4) is 10.4 Å². The number of benzene rings is 2. The Labute approximate surface area is 178 Å². The second-order valence-corrected chi connectivity index (χ2v) is 7.68. The summed E-state index contributed by atoms with van der Waals surface area (Å²) < 4.78 is 39.1. The van der Waals surface area contributed by atoms with E-state index in [-0.39, 0.29) is 10.8 Å². The number of carbonyl (C=O) groups is 1. The van der Waals surface area contributed by atoms with Crippen LogP contribution in [0.3, 0.4) is 0 Å². The highest BCUT2D eigenvalue weighted by Crippen LogP contribution is 2.34. The molecule has 3 N–H and O–H groups in total. The highest BCUT2D eigenvalue weighted by molar-refractivity contribution is 7.80. The molecule has 2 aromatic carbocycles. The number of hydrogen-bond acceptors (Lipinski definition) is 3. The van der Waals surface area contributed by atoms with E-state index in [1.165, 1.54) is 29.5 Å². The van der Waals surface area contributed by atoms with E-state index in [2.05, 4.69) is 16.2 Å². The van der Waals surface area contributed by atoms with Gasteiger partial charge in [0.2, 0.25) is 0 Å². The summed E-state index contributed by atoms with van der Waals surface area (Å²) in [6.45, 7) is 0. The lowest BCUT2D eigenvalue weighted by atomic mass is 10.2. The predicted molar refractivity (Wildman–Crippen MR) is 113 cm³/mol. The van der Waals surface area contributed by atoms with Crippen molar-refractivity contribution in [2.24, 2.45) is 0 Å². The first-order valence-corrected chi connectivity index (χ1v) is 9.73. The maximum atomic E-state index is 13.0. The largest absolute Gasteiger partial charge is 0.418 e. The van der Waals surface area contributed by atoms with E-state index in [9.17, 15) is 18.0 Å². The topological polar surface area (TPSA) is 53.2 Å². The number of anilines is 1. The molecule has 0 aliphatic carbocycles. The molecule has 3 aromatic rings. The summed E-state index contributed by atoms with van der Waals surface area (Å²) in [6.07, 6.45) is -4.53. The number of thiocarbonyl (C=S) groups is 1. The molecule has 10 heteroatoms. The fraction of sp³-hybridized carbons (Fsp3) is 0.0526. The number of halogens is 4. The van der Waals surface area contributed by atoms with Gasteiger partial charge in [-0.1, -0.05) is 35.9 Å². The van der Waals surface area contributed by atoms with Gasteiger partial charge in [-0.3, -0.25) is 15.6 Å². The van der Waals surface area contributed by atoms with Crippen molar-refractivity contribution in [2.75, 3.05) is 5.32 Å². The Kier molecular flexibility index (Phi) is 6.41. The van der Waals surface area contributed by atoms with Crippen molar-refractivity contribution in [2.45, 2.75) is 6.18 Å². The second kappa shape index (κ2) is 8.81. The van der Waals surface area contributed by atoms with E-state index in [0.29, 0.717) is 9.90 Å². The molecular weight excluding hydrogens is 443 g/mol. The average Bonchev–Trinajstić information content (AvgIpc) is 3.16. The first-order chi connectivity index (χ1) is 13.7. The Morgan fingerprint density at radius 3 is 2.34 bits per heavy atom. The van der Waals surface area contributed by atoms with Crippen molar-refractivity contribution in [3.63, 3.8) is 0 Å². The van der Waals surface area contributed by atoms with E-state index < -0.39 is 17.6 Å². The van der Waals surface area contributed by atoms with Crippen molar-refractivity contribution >= 4 is 51.9 Å². The molecule has 0 saturated carbocycles. The first kappa shape index (κ1) is 21.1. The molecule has 1 aromatic heterocycles. The minimum Gasteiger partial charge on any atom is -0.331 e. The predicted octanol–water partition coefficient (Wildman–Crippen LogP) is 5.72. The molecule has 0 saturated heterocycles. The third-order valence-corrected chi connectivity index (χ3v) is 5.32. The van der Waals surface area contributed by atoms with Crippen molar-refractivity contribution in [1.29, 1.82) is 0 Å². The number of thiophene rings is 1. The fourth-order valence-corrected chi connectivity index (χ4v) is 3.59. The van der Waals surface area contributed by atoms with Crippen LogP contribution in [-0.2, 0) is 6.18 Å². The molecular formula is C19H13ClF3N3OS2. The third-order valence-electron chi connectivity index (χ3n) is 3.73. The van der Waals surface area contributed by atoms with Gasteiger partial charge in [-0.25, -0.2) is 0 Å². The van der Waals surface area contributed by atoms with Crippen molar-refractivity contribution < 1.29 is 18.0 Å². The molecule has 0 unspecified atom stereocenters. The first-order valence-electron chi connectivity index (χ1n) is 8.13. The Balaban J connectivity index is 1.60. The van der Waals surface area contributed by atoms with Crippen LogP contribution in [0.1, 0.15) is 15.2 Å². The van der Waals surface area contributed by atoms with Gasteiger partial charge in [-0.2, -0.15) is 13.2 Å². The standard InChI is InChI=1S/C19H13ClF3N3OS2/c20-12-7-5-11(6-8-12)15-9-10-16(29-15)17(27)25-26-18(28)24-14-4-2-1-3-13(14)19(21,22)23/h1-10H,(H,25,27)(H2,24,26,28). The Hall–Kier alpha value is -2.62. The molecule has 0 spiro atoms. The highest BCUT2D eigenvalue weighted by atomic mass is 35.5. The Bertz CT molecular complexity index is 1040. The molecule has 0 bridgehead atoms. The smallest absolute Gasteiger partial charge is 0.331 e.